The Morgan fingerprint density at radius 2 is 1.96 bits per heavy atom. The van der Waals surface area contributed by atoms with Crippen LogP contribution in [0.1, 0.15) is 28.9 Å². The van der Waals surface area contributed by atoms with E-state index >= 15 is 0 Å². The van der Waals surface area contributed by atoms with E-state index in [1.165, 1.54) is 22.0 Å². The van der Waals surface area contributed by atoms with Crippen LogP contribution in [0.15, 0.2) is 17.9 Å². The Hall–Kier alpha value is -2.07. The first-order chi connectivity index (χ1) is 12.3. The lowest BCUT2D eigenvalue weighted by molar-refractivity contribution is -0.192. The average molecular weight is 388 g/mol. The van der Waals surface area contributed by atoms with Gasteiger partial charge in [-0.15, -0.1) is 11.3 Å². The first kappa shape index (κ1) is 20.2. The molecule has 1 aliphatic rings. The molecule has 0 radical (unpaired) electrons. The number of fused-ring (bicyclic) bond motifs is 1. The van der Waals surface area contributed by atoms with Crippen molar-refractivity contribution in [3.63, 3.8) is 0 Å². The fourth-order valence-electron chi connectivity index (χ4n) is 2.63. The molecule has 0 aromatic carbocycles. The first-order valence-electron chi connectivity index (χ1n) is 8.03. The highest BCUT2D eigenvalue weighted by Gasteiger charge is 2.38. The number of carboxylic acids is 1. The van der Waals surface area contributed by atoms with E-state index in [1.54, 1.807) is 17.7 Å². The number of carbonyl (C=O) groups is 1. The van der Waals surface area contributed by atoms with E-state index in [-0.39, 0.29) is 0 Å². The Bertz CT molecular complexity index is 723. The van der Waals surface area contributed by atoms with Gasteiger partial charge in [-0.25, -0.2) is 19.7 Å². The van der Waals surface area contributed by atoms with E-state index < -0.39 is 12.1 Å². The maximum absolute atomic E-state index is 10.6. The van der Waals surface area contributed by atoms with Gasteiger partial charge in [-0.05, 0) is 18.4 Å². The van der Waals surface area contributed by atoms with E-state index in [4.69, 9.17) is 9.90 Å². The largest absolute Gasteiger partial charge is 0.490 e. The predicted molar refractivity (Wildman–Crippen MR) is 89.9 cm³/mol. The molecule has 0 unspecified atom stereocenters. The van der Waals surface area contributed by atoms with E-state index in [0.29, 0.717) is 0 Å². The van der Waals surface area contributed by atoms with E-state index in [1.807, 2.05) is 11.6 Å². The second-order valence-electron chi connectivity index (χ2n) is 5.60. The van der Waals surface area contributed by atoms with Crippen molar-refractivity contribution < 1.29 is 23.1 Å². The van der Waals surface area contributed by atoms with E-state index in [0.717, 1.165) is 38.9 Å². The number of nitrogens with zero attached hydrogens (tertiary/aromatic N) is 4. The minimum Gasteiger partial charge on any atom is -0.475 e. The molecular weight excluding hydrogens is 369 g/mol. The van der Waals surface area contributed by atoms with Crippen LogP contribution in [-0.4, -0.2) is 50.2 Å². The summed E-state index contributed by atoms with van der Waals surface area (Å²) in [5, 5.41) is 10.4. The van der Waals surface area contributed by atoms with Crippen LogP contribution in [0, 0.1) is 0 Å². The molecule has 0 aliphatic carbocycles. The summed E-state index contributed by atoms with van der Waals surface area (Å²) in [6.45, 7) is 5.26. The number of carboxylic acid groups (broad SMARTS) is 1. The lowest BCUT2D eigenvalue weighted by atomic mass is 10.1. The zero-order valence-corrected chi connectivity index (χ0v) is 15.0. The number of halogens is 3. The van der Waals surface area contributed by atoms with Crippen molar-refractivity contribution in [3.05, 3.63) is 39.9 Å². The van der Waals surface area contributed by atoms with Gasteiger partial charge in [0.05, 0.1) is 6.54 Å². The molecule has 0 saturated heterocycles. The van der Waals surface area contributed by atoms with Gasteiger partial charge in [0.15, 0.2) is 0 Å². The molecular formula is C16H19F3N4O2S. The maximum atomic E-state index is 10.6. The summed E-state index contributed by atoms with van der Waals surface area (Å²) in [6, 6.07) is 0. The Morgan fingerprint density at radius 3 is 2.54 bits per heavy atom. The molecule has 6 nitrogen and oxygen atoms in total. The van der Waals surface area contributed by atoms with Crippen molar-refractivity contribution in [1.29, 1.82) is 0 Å². The quantitative estimate of drug-likeness (QED) is 0.871. The number of rotatable bonds is 3. The normalized spacial score (nSPS) is 14.8. The zero-order chi connectivity index (χ0) is 19.2. The summed E-state index contributed by atoms with van der Waals surface area (Å²) in [7, 11) is 0. The number of hydrogen-bond donors (Lipinski definition) is 1. The van der Waals surface area contributed by atoms with Crippen LogP contribution in [-0.2, 0) is 30.6 Å². The highest BCUT2D eigenvalue weighted by atomic mass is 32.1. The molecule has 0 spiro atoms. The third kappa shape index (κ3) is 5.73. The molecule has 3 rings (SSSR count). The summed E-state index contributed by atoms with van der Waals surface area (Å²) in [4.78, 5) is 24.6. The molecule has 10 heteroatoms. The van der Waals surface area contributed by atoms with E-state index in [2.05, 4.69) is 26.8 Å². The van der Waals surface area contributed by atoms with Crippen LogP contribution in [0.4, 0.5) is 13.2 Å². The molecule has 1 N–H and O–H groups in total. The predicted octanol–water partition coefficient (Wildman–Crippen LogP) is 2.73. The molecule has 0 amide bonds. The van der Waals surface area contributed by atoms with Crippen molar-refractivity contribution >= 4 is 17.3 Å². The van der Waals surface area contributed by atoms with Gasteiger partial charge in [0, 0.05) is 42.5 Å². The Kier molecular flexibility index (Phi) is 7.04. The summed E-state index contributed by atoms with van der Waals surface area (Å²) >= 11 is 1.73. The number of hydrogen-bond acceptors (Lipinski definition) is 6. The van der Waals surface area contributed by atoms with Crippen LogP contribution < -0.4 is 0 Å². The minimum atomic E-state index is -5.08. The number of alkyl halides is 3. The fourth-order valence-corrected chi connectivity index (χ4v) is 3.28. The molecule has 142 valence electrons. The second kappa shape index (κ2) is 9.04. The summed E-state index contributed by atoms with van der Waals surface area (Å²) in [5.41, 5.74) is 3.85. The highest BCUT2D eigenvalue weighted by molar-refractivity contribution is 7.09. The van der Waals surface area contributed by atoms with Gasteiger partial charge in [0.25, 0.3) is 0 Å². The Labute approximate surface area is 152 Å². The van der Waals surface area contributed by atoms with Gasteiger partial charge in [0.1, 0.15) is 11.3 Å². The van der Waals surface area contributed by atoms with Crippen LogP contribution in [0.3, 0.4) is 0 Å². The van der Waals surface area contributed by atoms with Crippen molar-refractivity contribution in [1.82, 2.24) is 19.9 Å². The maximum Gasteiger partial charge on any atom is 0.490 e. The molecule has 2 aromatic rings. The van der Waals surface area contributed by atoms with Crippen LogP contribution >= 0.6 is 11.3 Å². The average Bonchev–Trinajstić information content (AvgIpc) is 3.01. The van der Waals surface area contributed by atoms with Gasteiger partial charge in [0.2, 0.25) is 0 Å². The topological polar surface area (TPSA) is 79.2 Å². The molecule has 0 atom stereocenters. The third-order valence-electron chi connectivity index (χ3n) is 3.89. The summed E-state index contributed by atoms with van der Waals surface area (Å²) < 4.78 is 31.7. The van der Waals surface area contributed by atoms with Gasteiger partial charge in [-0.2, -0.15) is 13.2 Å². The highest BCUT2D eigenvalue weighted by Crippen LogP contribution is 2.18. The number of thiazole rings is 1. The van der Waals surface area contributed by atoms with Crippen molar-refractivity contribution in [2.75, 3.05) is 13.1 Å². The van der Waals surface area contributed by atoms with Crippen LogP contribution in [0.5, 0.6) is 0 Å². The molecule has 0 bridgehead atoms. The molecule has 0 fully saturated rings. The molecule has 26 heavy (non-hydrogen) atoms. The fraction of sp³-hybridized carbons (Fsp3) is 0.500. The van der Waals surface area contributed by atoms with E-state index in [9.17, 15) is 13.2 Å². The van der Waals surface area contributed by atoms with Crippen molar-refractivity contribution in [3.8, 4) is 0 Å². The smallest absolute Gasteiger partial charge is 0.475 e. The first-order valence-corrected chi connectivity index (χ1v) is 8.91. The monoisotopic (exact) mass is 388 g/mol. The number of aliphatic carboxylic acids is 1. The van der Waals surface area contributed by atoms with Gasteiger partial charge >= 0.3 is 12.1 Å². The summed E-state index contributed by atoms with van der Waals surface area (Å²) in [6.07, 6.45) is 1.60. The molecule has 3 heterocycles. The van der Waals surface area contributed by atoms with Crippen LogP contribution in [0.25, 0.3) is 0 Å². The summed E-state index contributed by atoms with van der Waals surface area (Å²) in [5.74, 6) is -2.76. The molecule has 1 aliphatic heterocycles. The van der Waals surface area contributed by atoms with Gasteiger partial charge < -0.3 is 5.11 Å². The van der Waals surface area contributed by atoms with Crippen LogP contribution in [0.2, 0.25) is 0 Å². The molecule has 0 saturated carbocycles. The van der Waals surface area contributed by atoms with Crippen molar-refractivity contribution in [2.45, 2.75) is 38.9 Å². The second-order valence-corrected chi connectivity index (χ2v) is 6.58. The zero-order valence-electron chi connectivity index (χ0n) is 14.2. The number of aromatic nitrogens is 3. The minimum absolute atomic E-state index is 0.959. The third-order valence-corrected chi connectivity index (χ3v) is 4.65. The Morgan fingerprint density at radius 1 is 1.27 bits per heavy atom. The van der Waals surface area contributed by atoms with Gasteiger partial charge in [-0.1, -0.05) is 6.92 Å². The lowest BCUT2D eigenvalue weighted by Crippen LogP contribution is -2.25. The lowest BCUT2D eigenvalue weighted by Gasteiger charge is -2.17. The molecule has 2 aromatic heterocycles. The van der Waals surface area contributed by atoms with Gasteiger partial charge in [-0.3, -0.25) is 4.90 Å². The standard InChI is InChI=1S/C14H18N4S.C2HF3O2/c1-2-12-11-3-6-18(9-14-15-5-8-19-14)7-4-13(11)17-10-16-12;3-2(4,5)1(6)7/h5,8,10H,2-4,6-7,9H2,1H3;(H,6,7). The SMILES string of the molecule is CCc1ncnc2c1CCN(Cc1nccs1)CC2.O=C(O)C(F)(F)F. The van der Waals surface area contributed by atoms with Crippen molar-refractivity contribution in [2.24, 2.45) is 0 Å². The number of aryl methyl sites for hydroxylation is 1. The Balaban J connectivity index is 0.000000298.